The van der Waals surface area contributed by atoms with E-state index in [4.69, 9.17) is 25.5 Å². The van der Waals surface area contributed by atoms with Gasteiger partial charge in [-0.3, -0.25) is 16.1 Å². The standard InChI is InChI=1S/C17H23N3O10/c18-19-4-3-12(22)20-9-5-8(7-28-17(26)27)1-2-11(9)29-13-6-10(21)14(23)15(30-13)16(24)25/h1-2,5,10,13-15,19,21,23H,3-4,6-7,18H2,(H,20,22)(H,24,25)(H,26,27). The van der Waals surface area contributed by atoms with Crippen LogP contribution in [0.25, 0.3) is 0 Å². The molecule has 1 fully saturated rings. The number of hydrogen-bond acceptors (Lipinski definition) is 10. The fraction of sp³-hybridized carbons (Fsp3) is 0.471. The monoisotopic (exact) mass is 429 g/mol. The number of aliphatic carboxylic acids is 1. The Morgan fingerprint density at radius 3 is 2.60 bits per heavy atom. The highest BCUT2D eigenvalue weighted by atomic mass is 16.7. The molecule has 1 aliphatic heterocycles. The topological polar surface area (TPSA) is 210 Å². The van der Waals surface area contributed by atoms with E-state index in [2.05, 4.69) is 15.5 Å². The number of ether oxygens (including phenoxy) is 3. The summed E-state index contributed by atoms with van der Waals surface area (Å²) in [5, 5.41) is 40.0. The average molecular weight is 429 g/mol. The van der Waals surface area contributed by atoms with Crippen LogP contribution in [-0.4, -0.2) is 69.6 Å². The van der Waals surface area contributed by atoms with E-state index in [1.54, 1.807) is 0 Å². The Labute approximate surface area is 170 Å². The quantitative estimate of drug-likeness (QED) is 0.143. The summed E-state index contributed by atoms with van der Waals surface area (Å²) in [4.78, 5) is 33.8. The van der Waals surface area contributed by atoms with E-state index in [0.29, 0.717) is 5.56 Å². The van der Waals surface area contributed by atoms with Crippen molar-refractivity contribution in [3.8, 4) is 5.75 Å². The van der Waals surface area contributed by atoms with Crippen molar-refractivity contribution in [1.82, 2.24) is 5.43 Å². The lowest BCUT2D eigenvalue weighted by molar-refractivity contribution is -0.228. The molecule has 1 heterocycles. The van der Waals surface area contributed by atoms with Gasteiger partial charge < -0.3 is 40.0 Å². The highest BCUT2D eigenvalue weighted by molar-refractivity contribution is 5.92. The molecule has 13 heteroatoms. The largest absolute Gasteiger partial charge is 0.506 e. The molecule has 4 atom stereocenters. The molecule has 2 rings (SSSR count). The minimum atomic E-state index is -1.70. The molecule has 0 aromatic heterocycles. The number of benzene rings is 1. The zero-order valence-electron chi connectivity index (χ0n) is 15.7. The summed E-state index contributed by atoms with van der Waals surface area (Å²) >= 11 is 0. The van der Waals surface area contributed by atoms with E-state index >= 15 is 0 Å². The van der Waals surface area contributed by atoms with Crippen molar-refractivity contribution in [2.45, 2.75) is 44.1 Å². The number of aliphatic hydroxyl groups excluding tert-OH is 2. The molecule has 1 aromatic rings. The summed E-state index contributed by atoms with van der Waals surface area (Å²) < 4.78 is 15.3. The van der Waals surface area contributed by atoms with E-state index in [1.807, 2.05) is 0 Å². The van der Waals surface area contributed by atoms with Crippen molar-refractivity contribution in [3.05, 3.63) is 23.8 Å². The third-order valence-corrected chi connectivity index (χ3v) is 4.12. The normalized spacial score (nSPS) is 23.4. The molecule has 30 heavy (non-hydrogen) atoms. The number of aliphatic hydroxyl groups is 2. The number of nitrogens with one attached hydrogen (secondary N) is 2. The van der Waals surface area contributed by atoms with Crippen LogP contribution in [0, 0.1) is 0 Å². The number of rotatable bonds is 9. The van der Waals surface area contributed by atoms with Crippen LogP contribution in [0.15, 0.2) is 18.2 Å². The van der Waals surface area contributed by atoms with Crippen LogP contribution in [-0.2, 0) is 25.7 Å². The van der Waals surface area contributed by atoms with Crippen molar-refractivity contribution in [1.29, 1.82) is 0 Å². The predicted molar refractivity (Wildman–Crippen MR) is 98.2 cm³/mol. The van der Waals surface area contributed by atoms with Gasteiger partial charge >= 0.3 is 12.1 Å². The van der Waals surface area contributed by atoms with Gasteiger partial charge in [-0.05, 0) is 17.7 Å². The summed E-state index contributed by atoms with van der Waals surface area (Å²) in [5.41, 5.74) is 2.87. The first-order chi connectivity index (χ1) is 14.2. The van der Waals surface area contributed by atoms with Crippen LogP contribution in [0.2, 0.25) is 0 Å². The number of carboxylic acids is 1. The SMILES string of the molecule is NNCCC(=O)Nc1cc(COC(=O)O)ccc1OC1CC(O)C(O)C(C(=O)O)O1. The third-order valence-electron chi connectivity index (χ3n) is 4.12. The average Bonchev–Trinajstić information content (AvgIpc) is 2.68. The molecule has 1 saturated heterocycles. The van der Waals surface area contributed by atoms with Gasteiger partial charge in [0.05, 0.1) is 11.8 Å². The van der Waals surface area contributed by atoms with E-state index in [9.17, 15) is 24.6 Å². The van der Waals surface area contributed by atoms with E-state index < -0.39 is 42.6 Å². The van der Waals surface area contributed by atoms with Crippen LogP contribution in [0.4, 0.5) is 10.5 Å². The van der Waals surface area contributed by atoms with Gasteiger partial charge in [0.25, 0.3) is 0 Å². The van der Waals surface area contributed by atoms with Gasteiger partial charge in [0, 0.05) is 19.4 Å². The number of carbonyl (C=O) groups is 3. The number of anilines is 1. The first-order valence-electron chi connectivity index (χ1n) is 8.84. The molecule has 1 aromatic carbocycles. The Morgan fingerprint density at radius 2 is 1.97 bits per heavy atom. The van der Waals surface area contributed by atoms with Crippen LogP contribution >= 0.6 is 0 Å². The molecule has 4 unspecified atom stereocenters. The Bertz CT molecular complexity index is 774. The summed E-state index contributed by atoms with van der Waals surface area (Å²) in [6.45, 7) is -0.0886. The van der Waals surface area contributed by atoms with Crippen LogP contribution in [0.3, 0.4) is 0 Å². The molecule has 0 radical (unpaired) electrons. The van der Waals surface area contributed by atoms with Crippen LogP contribution in [0.5, 0.6) is 5.75 Å². The second-order valence-electron chi connectivity index (χ2n) is 6.37. The lowest BCUT2D eigenvalue weighted by Gasteiger charge is -2.35. The third kappa shape index (κ3) is 6.53. The summed E-state index contributed by atoms with van der Waals surface area (Å²) in [7, 11) is 0. The second-order valence-corrected chi connectivity index (χ2v) is 6.37. The molecule has 8 N–H and O–H groups in total. The Kier molecular flexibility index (Phi) is 8.32. The maximum atomic E-state index is 12.1. The molecule has 13 nitrogen and oxygen atoms in total. The Balaban J connectivity index is 2.20. The van der Waals surface area contributed by atoms with Gasteiger partial charge in [-0.25, -0.2) is 9.59 Å². The van der Waals surface area contributed by atoms with Gasteiger partial charge in [0.1, 0.15) is 18.5 Å². The van der Waals surface area contributed by atoms with Crippen molar-refractivity contribution in [2.24, 2.45) is 5.84 Å². The predicted octanol–water partition coefficient (Wildman–Crippen LogP) is -1.03. The van der Waals surface area contributed by atoms with Crippen LogP contribution in [0.1, 0.15) is 18.4 Å². The van der Waals surface area contributed by atoms with E-state index in [1.165, 1.54) is 18.2 Å². The highest BCUT2D eigenvalue weighted by Crippen LogP contribution is 2.31. The molecular weight excluding hydrogens is 406 g/mol. The molecule has 166 valence electrons. The number of carbonyl (C=O) groups excluding carboxylic acids is 1. The van der Waals surface area contributed by atoms with Gasteiger partial charge in [0.15, 0.2) is 6.10 Å². The fourth-order valence-corrected chi connectivity index (χ4v) is 2.67. The van der Waals surface area contributed by atoms with Crippen molar-refractivity contribution < 1.29 is 49.0 Å². The van der Waals surface area contributed by atoms with Gasteiger partial charge in [-0.2, -0.15) is 0 Å². The van der Waals surface area contributed by atoms with Gasteiger partial charge in [-0.15, -0.1) is 0 Å². The number of hydrazine groups is 1. The lowest BCUT2D eigenvalue weighted by atomic mass is 10.0. The van der Waals surface area contributed by atoms with Crippen molar-refractivity contribution in [3.63, 3.8) is 0 Å². The van der Waals surface area contributed by atoms with E-state index in [-0.39, 0.29) is 37.4 Å². The minimum Gasteiger partial charge on any atom is -0.479 e. The number of amides is 1. The maximum Gasteiger partial charge on any atom is 0.506 e. The molecule has 1 aliphatic rings. The van der Waals surface area contributed by atoms with Gasteiger partial charge in [0.2, 0.25) is 12.2 Å². The molecule has 1 amide bonds. The second kappa shape index (κ2) is 10.7. The summed E-state index contributed by atoms with van der Waals surface area (Å²) in [6, 6.07) is 4.28. The number of hydrogen-bond donors (Lipinski definition) is 7. The van der Waals surface area contributed by atoms with Gasteiger partial charge in [-0.1, -0.05) is 6.07 Å². The smallest absolute Gasteiger partial charge is 0.479 e. The summed E-state index contributed by atoms with van der Waals surface area (Å²) in [5.74, 6) is 3.31. The Morgan fingerprint density at radius 1 is 1.23 bits per heavy atom. The number of nitrogens with two attached hydrogens (primary N) is 1. The zero-order chi connectivity index (χ0) is 22.3. The number of carboxylic acid groups (broad SMARTS) is 2. The molecule has 0 aliphatic carbocycles. The first kappa shape index (κ1) is 23.3. The van der Waals surface area contributed by atoms with E-state index in [0.717, 1.165) is 0 Å². The molecule has 0 bridgehead atoms. The minimum absolute atomic E-state index is 0.0255. The highest BCUT2D eigenvalue weighted by Gasteiger charge is 2.42. The van der Waals surface area contributed by atoms with Crippen molar-refractivity contribution >= 4 is 23.7 Å². The Hall–Kier alpha value is -2.97. The van der Waals surface area contributed by atoms with Crippen molar-refractivity contribution in [2.75, 3.05) is 11.9 Å². The molecule has 0 saturated carbocycles. The molecule has 0 spiro atoms. The maximum absolute atomic E-state index is 12.1. The lowest BCUT2D eigenvalue weighted by Crippen LogP contribution is -2.53. The summed E-state index contributed by atoms with van der Waals surface area (Å²) in [6.07, 6.45) is -7.63. The first-order valence-corrected chi connectivity index (χ1v) is 8.84. The molecular formula is C17H23N3O10. The zero-order valence-corrected chi connectivity index (χ0v) is 15.7. The fourth-order valence-electron chi connectivity index (χ4n) is 2.67. The van der Waals surface area contributed by atoms with Crippen LogP contribution < -0.4 is 21.3 Å².